The van der Waals surface area contributed by atoms with Crippen LogP contribution >= 0.6 is 15.9 Å². The second kappa shape index (κ2) is 9.07. The predicted octanol–water partition coefficient (Wildman–Crippen LogP) is 6.29. The number of imidazole rings is 1. The van der Waals surface area contributed by atoms with Crippen molar-refractivity contribution in [3.05, 3.63) is 87.7 Å². The van der Waals surface area contributed by atoms with Gasteiger partial charge in [0.25, 0.3) is 0 Å². The summed E-state index contributed by atoms with van der Waals surface area (Å²) in [7, 11) is 1.60. The summed E-state index contributed by atoms with van der Waals surface area (Å²) in [5, 5.41) is 9.69. The van der Waals surface area contributed by atoms with E-state index in [4.69, 9.17) is 9.47 Å². The van der Waals surface area contributed by atoms with Crippen molar-refractivity contribution in [2.24, 2.45) is 0 Å². The van der Waals surface area contributed by atoms with Crippen molar-refractivity contribution in [2.75, 3.05) is 7.11 Å². The van der Waals surface area contributed by atoms with E-state index in [1.54, 1.807) is 13.2 Å². The maximum atomic E-state index is 9.69. The molecule has 5 nitrogen and oxygen atoms in total. The normalized spacial score (nSPS) is 11.4. The van der Waals surface area contributed by atoms with Crippen LogP contribution < -0.4 is 9.47 Å². The van der Waals surface area contributed by atoms with Gasteiger partial charge in [-0.2, -0.15) is 5.26 Å². The maximum absolute atomic E-state index is 9.69. The molecule has 0 radical (unpaired) electrons. The molecule has 1 heterocycles. The Hall–Kier alpha value is -3.56. The van der Waals surface area contributed by atoms with E-state index in [2.05, 4.69) is 32.0 Å². The largest absolute Gasteiger partial charge is 0.493 e. The third-order valence-corrected chi connectivity index (χ3v) is 5.35. The SMILES string of the molecule is COc1cc(C=C(C#N)c2nc3ccc(C)cc3[nH]2)ccc1OCc1ccc(Br)cc1. The summed E-state index contributed by atoms with van der Waals surface area (Å²) in [5.41, 5.74) is 5.19. The van der Waals surface area contributed by atoms with E-state index in [0.717, 1.165) is 32.2 Å². The van der Waals surface area contributed by atoms with Crippen LogP contribution in [0.1, 0.15) is 22.5 Å². The summed E-state index contributed by atoms with van der Waals surface area (Å²) < 4.78 is 12.5. The predicted molar refractivity (Wildman–Crippen MR) is 126 cm³/mol. The zero-order valence-electron chi connectivity index (χ0n) is 17.1. The first-order valence-corrected chi connectivity index (χ1v) is 10.5. The molecule has 31 heavy (non-hydrogen) atoms. The van der Waals surface area contributed by atoms with Crippen LogP contribution in [0.3, 0.4) is 0 Å². The minimum atomic E-state index is 0.431. The molecule has 0 unspecified atom stereocenters. The second-order valence-corrected chi connectivity index (χ2v) is 8.02. The zero-order chi connectivity index (χ0) is 21.8. The molecule has 1 N–H and O–H groups in total. The number of aryl methyl sites for hydroxylation is 1. The molecule has 0 aliphatic rings. The zero-order valence-corrected chi connectivity index (χ0v) is 18.7. The number of aromatic amines is 1. The lowest BCUT2D eigenvalue weighted by molar-refractivity contribution is 0.284. The average Bonchev–Trinajstić information content (AvgIpc) is 3.20. The Kier molecular flexibility index (Phi) is 6.06. The second-order valence-electron chi connectivity index (χ2n) is 7.10. The smallest absolute Gasteiger partial charge is 0.161 e. The van der Waals surface area contributed by atoms with E-state index in [1.165, 1.54) is 0 Å². The standard InChI is InChI=1S/C25H20BrN3O2/c1-16-3-9-21-22(11-16)29-25(28-21)19(14-27)12-18-6-10-23(24(13-18)30-2)31-15-17-4-7-20(26)8-5-17/h3-13H,15H2,1-2H3,(H,28,29). The number of benzene rings is 3. The van der Waals surface area contributed by atoms with Crippen LogP contribution in [0.5, 0.6) is 11.5 Å². The van der Waals surface area contributed by atoms with Crippen LogP contribution in [0, 0.1) is 18.3 Å². The number of nitrogens with zero attached hydrogens (tertiary/aromatic N) is 2. The maximum Gasteiger partial charge on any atom is 0.161 e. The molecular weight excluding hydrogens is 454 g/mol. The fourth-order valence-corrected chi connectivity index (χ4v) is 3.47. The molecule has 0 aliphatic heterocycles. The highest BCUT2D eigenvalue weighted by Gasteiger charge is 2.10. The van der Waals surface area contributed by atoms with Crippen LogP contribution in [0.4, 0.5) is 0 Å². The van der Waals surface area contributed by atoms with Gasteiger partial charge in [0.1, 0.15) is 18.5 Å². The molecule has 4 aromatic rings. The van der Waals surface area contributed by atoms with Crippen LogP contribution in [0.15, 0.2) is 65.1 Å². The van der Waals surface area contributed by atoms with E-state index in [0.29, 0.717) is 29.5 Å². The number of H-pyrrole nitrogens is 1. The van der Waals surface area contributed by atoms with Crippen molar-refractivity contribution in [2.45, 2.75) is 13.5 Å². The van der Waals surface area contributed by atoms with Crippen LogP contribution in [-0.2, 0) is 6.61 Å². The molecule has 0 aliphatic carbocycles. The third-order valence-electron chi connectivity index (χ3n) is 4.82. The van der Waals surface area contributed by atoms with E-state index in [-0.39, 0.29) is 0 Å². The van der Waals surface area contributed by atoms with E-state index >= 15 is 0 Å². The number of hydrogen-bond donors (Lipinski definition) is 1. The van der Waals surface area contributed by atoms with Gasteiger partial charge >= 0.3 is 0 Å². The third kappa shape index (κ3) is 4.79. The Morgan fingerprint density at radius 3 is 2.65 bits per heavy atom. The molecule has 3 aromatic carbocycles. The number of halogens is 1. The number of rotatable bonds is 6. The van der Waals surface area contributed by atoms with Crippen LogP contribution in [0.25, 0.3) is 22.7 Å². The minimum absolute atomic E-state index is 0.431. The Labute approximate surface area is 189 Å². The molecule has 0 saturated carbocycles. The van der Waals surface area contributed by atoms with Gasteiger partial charge in [-0.15, -0.1) is 0 Å². The van der Waals surface area contributed by atoms with Gasteiger partial charge in [0.05, 0.1) is 23.7 Å². The molecule has 0 bridgehead atoms. The number of nitrogens with one attached hydrogen (secondary N) is 1. The quantitative estimate of drug-likeness (QED) is 0.334. The monoisotopic (exact) mass is 473 g/mol. The van der Waals surface area contributed by atoms with E-state index in [9.17, 15) is 5.26 Å². The lowest BCUT2D eigenvalue weighted by Gasteiger charge is -2.11. The summed E-state index contributed by atoms with van der Waals surface area (Å²) in [6.07, 6.45) is 1.78. The topological polar surface area (TPSA) is 70.9 Å². The van der Waals surface area contributed by atoms with Gasteiger partial charge in [-0.05, 0) is 66.1 Å². The fraction of sp³-hybridized carbons (Fsp3) is 0.120. The Morgan fingerprint density at radius 1 is 1.10 bits per heavy atom. The molecule has 0 fully saturated rings. The van der Waals surface area contributed by atoms with Crippen molar-refractivity contribution in [3.63, 3.8) is 0 Å². The van der Waals surface area contributed by atoms with E-state index < -0.39 is 0 Å². The first-order chi connectivity index (χ1) is 15.1. The number of hydrogen-bond acceptors (Lipinski definition) is 4. The molecular formula is C25H20BrN3O2. The van der Waals surface area contributed by atoms with Gasteiger partial charge in [0.2, 0.25) is 0 Å². The molecule has 6 heteroatoms. The molecule has 0 amide bonds. The molecule has 0 spiro atoms. The average molecular weight is 474 g/mol. The van der Waals surface area contributed by atoms with Gasteiger partial charge in [-0.1, -0.05) is 40.2 Å². The highest BCUT2D eigenvalue weighted by Crippen LogP contribution is 2.30. The Balaban J connectivity index is 1.58. The summed E-state index contributed by atoms with van der Waals surface area (Å²) in [5.74, 6) is 1.78. The molecule has 154 valence electrons. The first kappa shape index (κ1) is 20.7. The summed E-state index contributed by atoms with van der Waals surface area (Å²) in [6, 6.07) is 21.7. The van der Waals surface area contributed by atoms with Crippen molar-refractivity contribution in [3.8, 4) is 17.6 Å². The van der Waals surface area contributed by atoms with Crippen LogP contribution in [-0.4, -0.2) is 17.1 Å². The molecule has 1 aromatic heterocycles. The Bertz CT molecular complexity index is 1300. The van der Waals surface area contributed by atoms with Crippen molar-refractivity contribution in [1.82, 2.24) is 9.97 Å². The highest BCUT2D eigenvalue weighted by molar-refractivity contribution is 9.10. The number of aromatic nitrogens is 2. The molecule has 4 rings (SSSR count). The number of methoxy groups -OCH3 is 1. The number of allylic oxidation sites excluding steroid dienone is 1. The lowest BCUT2D eigenvalue weighted by Crippen LogP contribution is -1.98. The minimum Gasteiger partial charge on any atom is -0.493 e. The lowest BCUT2D eigenvalue weighted by atomic mass is 10.1. The summed E-state index contributed by atoms with van der Waals surface area (Å²) in [4.78, 5) is 7.77. The van der Waals surface area contributed by atoms with Gasteiger partial charge in [-0.25, -0.2) is 4.98 Å². The number of nitriles is 1. The number of fused-ring (bicyclic) bond motifs is 1. The van der Waals surface area contributed by atoms with Crippen molar-refractivity contribution in [1.29, 1.82) is 5.26 Å². The molecule has 0 saturated heterocycles. The van der Waals surface area contributed by atoms with Crippen molar-refractivity contribution >= 4 is 38.6 Å². The summed E-state index contributed by atoms with van der Waals surface area (Å²) >= 11 is 3.43. The van der Waals surface area contributed by atoms with Gasteiger partial charge in [-0.3, -0.25) is 0 Å². The number of ether oxygens (including phenoxy) is 2. The van der Waals surface area contributed by atoms with Crippen molar-refractivity contribution < 1.29 is 9.47 Å². The summed E-state index contributed by atoms with van der Waals surface area (Å²) in [6.45, 7) is 2.45. The van der Waals surface area contributed by atoms with Crippen LogP contribution in [0.2, 0.25) is 0 Å². The van der Waals surface area contributed by atoms with Gasteiger partial charge in [0.15, 0.2) is 11.5 Å². The highest BCUT2D eigenvalue weighted by atomic mass is 79.9. The molecule has 0 atom stereocenters. The Morgan fingerprint density at radius 2 is 1.90 bits per heavy atom. The first-order valence-electron chi connectivity index (χ1n) is 9.69. The van der Waals surface area contributed by atoms with Gasteiger partial charge < -0.3 is 14.5 Å². The fourth-order valence-electron chi connectivity index (χ4n) is 3.21. The van der Waals surface area contributed by atoms with E-state index in [1.807, 2.05) is 67.6 Å². The van der Waals surface area contributed by atoms with Gasteiger partial charge in [0, 0.05) is 4.47 Å².